The van der Waals surface area contributed by atoms with Gasteiger partial charge in [-0.25, -0.2) is 0 Å². The summed E-state index contributed by atoms with van der Waals surface area (Å²) in [5.41, 5.74) is 1.86. The highest BCUT2D eigenvalue weighted by atomic mass is 32.2. The van der Waals surface area contributed by atoms with Crippen molar-refractivity contribution in [2.45, 2.75) is 17.4 Å². The summed E-state index contributed by atoms with van der Waals surface area (Å²) in [4.78, 5) is 13.2. The zero-order valence-corrected chi connectivity index (χ0v) is 14.0. The summed E-state index contributed by atoms with van der Waals surface area (Å²) in [6.45, 7) is 0.271. The van der Waals surface area contributed by atoms with Gasteiger partial charge in [0.2, 0.25) is 5.91 Å². The fraction of sp³-hybridized carbons (Fsp3) is 0.278. The Hall–Kier alpha value is -1.82. The van der Waals surface area contributed by atoms with Crippen molar-refractivity contribution in [1.29, 1.82) is 0 Å². The number of thioether (sulfide) groups is 1. The number of nitrogens with one attached hydrogen (secondary N) is 2. The molecular weight excluding hydrogens is 308 g/mol. The van der Waals surface area contributed by atoms with Gasteiger partial charge < -0.3 is 15.7 Å². The molecule has 0 saturated heterocycles. The third-order valence-electron chi connectivity index (χ3n) is 3.48. The van der Waals surface area contributed by atoms with E-state index in [1.807, 2.05) is 60.9 Å². The Labute approximate surface area is 141 Å². The van der Waals surface area contributed by atoms with Crippen molar-refractivity contribution in [3.8, 4) is 0 Å². The molecule has 2 rings (SSSR count). The predicted molar refractivity (Wildman–Crippen MR) is 95.7 cm³/mol. The molecule has 3 N–H and O–H groups in total. The third-order valence-corrected chi connectivity index (χ3v) is 4.21. The van der Waals surface area contributed by atoms with Gasteiger partial charge in [0.15, 0.2) is 0 Å². The van der Waals surface area contributed by atoms with Gasteiger partial charge in [-0.3, -0.25) is 4.79 Å². The average Bonchev–Trinajstić information content (AvgIpc) is 2.59. The maximum Gasteiger partial charge on any atom is 0.238 e. The minimum atomic E-state index is -0.0953. The van der Waals surface area contributed by atoms with Crippen LogP contribution in [0.4, 0.5) is 5.69 Å². The molecule has 0 fully saturated rings. The smallest absolute Gasteiger partial charge is 0.238 e. The van der Waals surface area contributed by atoms with Gasteiger partial charge >= 0.3 is 0 Å². The number of benzene rings is 2. The van der Waals surface area contributed by atoms with E-state index >= 15 is 0 Å². The number of amides is 1. The average molecular weight is 330 g/mol. The highest BCUT2D eigenvalue weighted by Gasteiger charge is 2.12. The topological polar surface area (TPSA) is 61.4 Å². The number of anilines is 1. The van der Waals surface area contributed by atoms with Gasteiger partial charge in [-0.05, 0) is 36.4 Å². The normalized spacial score (nSPS) is 11.9. The zero-order chi connectivity index (χ0) is 16.5. The molecule has 0 heterocycles. The van der Waals surface area contributed by atoms with Crippen LogP contribution < -0.4 is 10.6 Å². The second-order valence-electron chi connectivity index (χ2n) is 5.14. The van der Waals surface area contributed by atoms with E-state index in [1.165, 1.54) is 0 Å². The molecule has 0 aliphatic carbocycles. The first-order valence-electron chi connectivity index (χ1n) is 7.56. The van der Waals surface area contributed by atoms with Crippen LogP contribution >= 0.6 is 11.8 Å². The van der Waals surface area contributed by atoms with E-state index in [2.05, 4.69) is 10.6 Å². The van der Waals surface area contributed by atoms with Crippen molar-refractivity contribution in [1.82, 2.24) is 5.32 Å². The van der Waals surface area contributed by atoms with Crippen molar-refractivity contribution >= 4 is 23.4 Å². The van der Waals surface area contributed by atoms with Gasteiger partial charge in [0.25, 0.3) is 0 Å². The Morgan fingerprint density at radius 3 is 2.65 bits per heavy atom. The molecule has 122 valence electrons. The van der Waals surface area contributed by atoms with Gasteiger partial charge in [0, 0.05) is 23.2 Å². The van der Waals surface area contributed by atoms with Crippen LogP contribution in [0.5, 0.6) is 0 Å². The van der Waals surface area contributed by atoms with Crippen LogP contribution in [0.3, 0.4) is 0 Å². The molecule has 0 radical (unpaired) electrons. The molecule has 2 aromatic carbocycles. The molecule has 2 aromatic rings. The largest absolute Gasteiger partial charge is 0.396 e. The minimum absolute atomic E-state index is 0.0375. The van der Waals surface area contributed by atoms with Crippen LogP contribution in [-0.2, 0) is 4.79 Å². The summed E-state index contributed by atoms with van der Waals surface area (Å²) < 4.78 is 0. The van der Waals surface area contributed by atoms with Crippen LogP contribution in [-0.4, -0.2) is 30.4 Å². The lowest BCUT2D eigenvalue weighted by Crippen LogP contribution is -2.31. The van der Waals surface area contributed by atoms with Gasteiger partial charge in [-0.2, -0.15) is 0 Å². The molecule has 0 spiro atoms. The number of carbonyl (C=O) groups is 1. The fourth-order valence-electron chi connectivity index (χ4n) is 2.32. The zero-order valence-electron chi connectivity index (χ0n) is 13.2. The number of carbonyl (C=O) groups excluding carboxylic acids is 1. The second kappa shape index (κ2) is 9.35. The van der Waals surface area contributed by atoms with E-state index in [-0.39, 0.29) is 25.1 Å². The first kappa shape index (κ1) is 17.5. The second-order valence-corrected chi connectivity index (χ2v) is 6.02. The number of hydrogen-bond donors (Lipinski definition) is 3. The van der Waals surface area contributed by atoms with Crippen LogP contribution in [0.2, 0.25) is 0 Å². The molecule has 0 aliphatic heterocycles. The summed E-state index contributed by atoms with van der Waals surface area (Å²) >= 11 is 1.64. The molecule has 1 amide bonds. The maximum absolute atomic E-state index is 12.1. The summed E-state index contributed by atoms with van der Waals surface area (Å²) in [6, 6.07) is 17.6. The molecule has 0 aromatic heterocycles. The lowest BCUT2D eigenvalue weighted by Gasteiger charge is -2.18. The van der Waals surface area contributed by atoms with Crippen molar-refractivity contribution < 1.29 is 9.90 Å². The lowest BCUT2D eigenvalue weighted by atomic mass is 10.0. The van der Waals surface area contributed by atoms with E-state index in [0.717, 1.165) is 16.1 Å². The molecular formula is C18H22N2O2S. The number of rotatable bonds is 8. The Kier molecular flexibility index (Phi) is 7.13. The maximum atomic E-state index is 12.1. The molecule has 0 saturated carbocycles. The Morgan fingerprint density at radius 1 is 1.17 bits per heavy atom. The van der Waals surface area contributed by atoms with E-state index in [0.29, 0.717) is 6.42 Å². The van der Waals surface area contributed by atoms with Gasteiger partial charge in [0.1, 0.15) is 0 Å². The summed E-state index contributed by atoms with van der Waals surface area (Å²) in [5, 5.41) is 15.3. The minimum Gasteiger partial charge on any atom is -0.396 e. The number of hydrogen-bond acceptors (Lipinski definition) is 4. The monoisotopic (exact) mass is 330 g/mol. The molecule has 1 atom stereocenters. The molecule has 5 heteroatoms. The molecule has 23 heavy (non-hydrogen) atoms. The van der Waals surface area contributed by atoms with Crippen LogP contribution in [0.1, 0.15) is 18.0 Å². The standard InChI is InChI=1S/C18H22N2O2S/c1-23-16-9-5-8-15(12-16)20-18(22)13-19-17(10-11-21)14-6-3-2-4-7-14/h2-9,12,17,19,21H,10-11,13H2,1H3,(H,20,22). The molecule has 0 bridgehead atoms. The van der Waals surface area contributed by atoms with Crippen molar-refractivity contribution in [2.24, 2.45) is 0 Å². The first-order chi connectivity index (χ1) is 11.2. The highest BCUT2D eigenvalue weighted by Crippen LogP contribution is 2.19. The number of aliphatic hydroxyl groups is 1. The summed E-state index contributed by atoms with van der Waals surface area (Å²) in [7, 11) is 0. The van der Waals surface area contributed by atoms with E-state index in [4.69, 9.17) is 0 Å². The molecule has 4 nitrogen and oxygen atoms in total. The summed E-state index contributed by atoms with van der Waals surface area (Å²) in [6.07, 6.45) is 2.57. The Bertz CT molecular complexity index is 619. The van der Waals surface area contributed by atoms with Gasteiger partial charge in [-0.1, -0.05) is 36.4 Å². The lowest BCUT2D eigenvalue weighted by molar-refractivity contribution is -0.115. The first-order valence-corrected chi connectivity index (χ1v) is 8.78. The van der Waals surface area contributed by atoms with Crippen molar-refractivity contribution in [3.05, 3.63) is 60.2 Å². The Balaban J connectivity index is 1.91. The quantitative estimate of drug-likeness (QED) is 0.651. The van der Waals surface area contributed by atoms with Crippen molar-refractivity contribution in [2.75, 3.05) is 24.7 Å². The van der Waals surface area contributed by atoms with Gasteiger partial charge in [0.05, 0.1) is 6.54 Å². The number of aliphatic hydroxyl groups excluding tert-OH is 1. The van der Waals surface area contributed by atoms with E-state index in [9.17, 15) is 9.90 Å². The SMILES string of the molecule is CSc1cccc(NC(=O)CNC(CCO)c2ccccc2)c1. The van der Waals surface area contributed by atoms with E-state index < -0.39 is 0 Å². The Morgan fingerprint density at radius 2 is 1.96 bits per heavy atom. The van der Waals surface area contributed by atoms with Crippen LogP contribution in [0, 0.1) is 0 Å². The predicted octanol–water partition coefficient (Wildman–Crippen LogP) is 3.06. The van der Waals surface area contributed by atoms with Crippen molar-refractivity contribution in [3.63, 3.8) is 0 Å². The van der Waals surface area contributed by atoms with Crippen LogP contribution in [0.15, 0.2) is 59.5 Å². The molecule has 1 unspecified atom stereocenters. The highest BCUT2D eigenvalue weighted by molar-refractivity contribution is 7.98. The van der Waals surface area contributed by atoms with E-state index in [1.54, 1.807) is 11.8 Å². The third kappa shape index (κ3) is 5.71. The summed E-state index contributed by atoms with van der Waals surface area (Å²) in [5.74, 6) is -0.0953. The van der Waals surface area contributed by atoms with Gasteiger partial charge in [-0.15, -0.1) is 11.8 Å². The fourth-order valence-corrected chi connectivity index (χ4v) is 2.78. The van der Waals surface area contributed by atoms with Crippen LogP contribution in [0.25, 0.3) is 0 Å². The molecule has 0 aliphatic rings.